The van der Waals surface area contributed by atoms with Gasteiger partial charge in [-0.15, -0.1) is 10.2 Å². The molecule has 1 aromatic heterocycles. The average molecular weight is 474 g/mol. The molecule has 2 N–H and O–H groups in total. The Bertz CT molecular complexity index is 1190. The van der Waals surface area contributed by atoms with Crippen molar-refractivity contribution in [3.63, 3.8) is 0 Å². The van der Waals surface area contributed by atoms with Crippen molar-refractivity contribution in [2.75, 3.05) is 17.8 Å². The Morgan fingerprint density at radius 2 is 1.91 bits per heavy atom. The van der Waals surface area contributed by atoms with Gasteiger partial charge < -0.3 is 9.88 Å². The van der Waals surface area contributed by atoms with Crippen LogP contribution < -0.4 is 10.0 Å². The maximum atomic E-state index is 13.2. The third-order valence-corrected chi connectivity index (χ3v) is 7.35. The van der Waals surface area contributed by atoms with Crippen LogP contribution in [0.15, 0.2) is 53.7 Å². The van der Waals surface area contributed by atoms with E-state index in [2.05, 4.69) is 41.0 Å². The van der Waals surface area contributed by atoms with Crippen molar-refractivity contribution in [2.24, 2.45) is 0 Å². The summed E-state index contributed by atoms with van der Waals surface area (Å²) >= 11 is 6.27. The highest BCUT2D eigenvalue weighted by molar-refractivity contribution is 7.92. The van der Waals surface area contributed by atoms with Crippen LogP contribution in [0.1, 0.15) is 45.2 Å². The van der Waals surface area contributed by atoms with E-state index in [4.69, 9.17) is 11.6 Å². The Labute approximate surface area is 194 Å². The summed E-state index contributed by atoms with van der Waals surface area (Å²) in [5.74, 6) is 0.585. The molecule has 7 nitrogen and oxygen atoms in total. The summed E-state index contributed by atoms with van der Waals surface area (Å²) in [5.41, 5.74) is 2.01. The van der Waals surface area contributed by atoms with Gasteiger partial charge in [0.15, 0.2) is 5.82 Å². The molecule has 0 aliphatic carbocycles. The number of piperidine rings is 1. The van der Waals surface area contributed by atoms with Crippen molar-refractivity contribution < 1.29 is 8.42 Å². The quantitative estimate of drug-likeness (QED) is 0.564. The minimum Gasteiger partial charge on any atom is -0.315 e. The summed E-state index contributed by atoms with van der Waals surface area (Å²) in [6, 6.07) is 12.2. The summed E-state index contributed by atoms with van der Waals surface area (Å²) in [7, 11) is -3.80. The third kappa shape index (κ3) is 4.82. The SMILES string of the molecule is CC(C)(C)c1ccc(S(=O)(=O)Nc2ccc(Cl)cc2-c2nncn2[C@H]2CCCNC2)cc1. The van der Waals surface area contributed by atoms with Gasteiger partial charge in [-0.3, -0.25) is 4.72 Å². The Morgan fingerprint density at radius 3 is 2.56 bits per heavy atom. The van der Waals surface area contributed by atoms with E-state index in [-0.39, 0.29) is 16.4 Å². The second-order valence-corrected chi connectivity index (χ2v) is 11.3. The number of aromatic nitrogens is 3. The fourth-order valence-corrected chi connectivity index (χ4v) is 5.15. The molecule has 1 atom stereocenters. The molecule has 0 unspecified atom stereocenters. The van der Waals surface area contributed by atoms with Crippen LogP contribution in [0.3, 0.4) is 0 Å². The normalized spacial score (nSPS) is 17.3. The van der Waals surface area contributed by atoms with Crippen LogP contribution in [-0.4, -0.2) is 36.3 Å². The van der Waals surface area contributed by atoms with Crippen LogP contribution in [0.5, 0.6) is 0 Å². The molecular weight excluding hydrogens is 446 g/mol. The minimum atomic E-state index is -3.80. The number of benzene rings is 2. The average Bonchev–Trinajstić information content (AvgIpc) is 3.25. The minimum absolute atomic E-state index is 0.0584. The predicted molar refractivity (Wildman–Crippen MR) is 128 cm³/mol. The zero-order chi connectivity index (χ0) is 22.9. The molecule has 1 fully saturated rings. The van der Waals surface area contributed by atoms with Crippen LogP contribution in [0.2, 0.25) is 5.02 Å². The standard InChI is InChI=1S/C23H28ClN5O2S/c1-23(2,3)16-6-9-19(10-7-16)32(30,31)28-21-11-8-17(24)13-20(21)22-27-26-15-29(22)18-5-4-12-25-14-18/h6-11,13,15,18,25,28H,4-5,12,14H2,1-3H3/t18-/m0/s1. The largest absolute Gasteiger partial charge is 0.315 e. The molecule has 1 aliphatic rings. The number of nitrogens with zero attached hydrogens (tertiary/aromatic N) is 3. The Balaban J connectivity index is 1.68. The molecule has 2 heterocycles. The van der Waals surface area contributed by atoms with Crippen molar-refractivity contribution in [3.8, 4) is 11.4 Å². The lowest BCUT2D eigenvalue weighted by atomic mass is 9.87. The van der Waals surface area contributed by atoms with E-state index in [1.54, 1.807) is 36.7 Å². The maximum Gasteiger partial charge on any atom is 0.261 e. The van der Waals surface area contributed by atoms with E-state index in [1.807, 2.05) is 16.7 Å². The molecular formula is C23H28ClN5O2S. The third-order valence-electron chi connectivity index (χ3n) is 5.73. The van der Waals surface area contributed by atoms with E-state index >= 15 is 0 Å². The number of rotatable bonds is 5. The second-order valence-electron chi connectivity index (χ2n) is 9.13. The Morgan fingerprint density at radius 1 is 1.16 bits per heavy atom. The lowest BCUT2D eigenvalue weighted by Gasteiger charge is -2.25. The van der Waals surface area contributed by atoms with Crippen molar-refractivity contribution in [3.05, 3.63) is 59.4 Å². The molecule has 0 bridgehead atoms. The first-order valence-corrected chi connectivity index (χ1v) is 12.5. The molecule has 0 saturated carbocycles. The number of hydrogen-bond acceptors (Lipinski definition) is 5. The highest BCUT2D eigenvalue weighted by Crippen LogP contribution is 2.33. The first-order valence-electron chi connectivity index (χ1n) is 10.7. The molecule has 9 heteroatoms. The van der Waals surface area contributed by atoms with Crippen LogP contribution in [0, 0.1) is 0 Å². The molecule has 1 saturated heterocycles. The van der Waals surface area contributed by atoms with Crippen LogP contribution in [0.25, 0.3) is 11.4 Å². The summed E-state index contributed by atoms with van der Waals surface area (Å²) in [4.78, 5) is 0.198. The number of sulfonamides is 1. The van der Waals surface area contributed by atoms with E-state index in [0.29, 0.717) is 22.1 Å². The van der Waals surface area contributed by atoms with Gasteiger partial charge in [0.25, 0.3) is 10.0 Å². The Hall–Kier alpha value is -2.42. The number of nitrogens with one attached hydrogen (secondary N) is 2. The van der Waals surface area contributed by atoms with Crippen LogP contribution in [-0.2, 0) is 15.4 Å². The van der Waals surface area contributed by atoms with Gasteiger partial charge in [0.2, 0.25) is 0 Å². The predicted octanol–water partition coefficient (Wildman–Crippen LogP) is 4.62. The fourth-order valence-electron chi connectivity index (χ4n) is 3.90. The van der Waals surface area contributed by atoms with Gasteiger partial charge in [0, 0.05) is 23.2 Å². The van der Waals surface area contributed by atoms with Crippen molar-refractivity contribution in [2.45, 2.75) is 50.0 Å². The van der Waals surface area contributed by atoms with E-state index in [1.165, 1.54) is 0 Å². The first-order chi connectivity index (χ1) is 15.1. The smallest absolute Gasteiger partial charge is 0.261 e. The van der Waals surface area contributed by atoms with Crippen molar-refractivity contribution in [1.29, 1.82) is 0 Å². The number of anilines is 1. The zero-order valence-corrected chi connectivity index (χ0v) is 20.0. The van der Waals surface area contributed by atoms with Gasteiger partial charge in [0.1, 0.15) is 6.33 Å². The maximum absolute atomic E-state index is 13.2. The van der Waals surface area contributed by atoms with Crippen LogP contribution in [0.4, 0.5) is 5.69 Å². The lowest BCUT2D eigenvalue weighted by Crippen LogP contribution is -2.31. The van der Waals surface area contributed by atoms with Crippen molar-refractivity contribution in [1.82, 2.24) is 20.1 Å². The molecule has 0 amide bonds. The number of halogens is 1. The van der Waals surface area contributed by atoms with Gasteiger partial charge in [0.05, 0.1) is 10.6 Å². The first kappa shape index (κ1) is 22.8. The molecule has 32 heavy (non-hydrogen) atoms. The highest BCUT2D eigenvalue weighted by Gasteiger charge is 2.23. The summed E-state index contributed by atoms with van der Waals surface area (Å²) in [5, 5.41) is 12.3. The molecule has 1 aliphatic heterocycles. The van der Waals surface area contributed by atoms with Gasteiger partial charge in [-0.1, -0.05) is 44.5 Å². The van der Waals surface area contributed by atoms with E-state index < -0.39 is 10.0 Å². The topological polar surface area (TPSA) is 88.9 Å². The molecule has 0 spiro atoms. The fraction of sp³-hybridized carbons (Fsp3) is 0.391. The summed E-state index contributed by atoms with van der Waals surface area (Å²) < 4.78 is 31.0. The molecule has 3 aromatic rings. The number of hydrogen-bond donors (Lipinski definition) is 2. The summed E-state index contributed by atoms with van der Waals surface area (Å²) in [6.07, 6.45) is 3.75. The Kier molecular flexibility index (Phi) is 6.29. The second kappa shape index (κ2) is 8.84. The van der Waals surface area contributed by atoms with Crippen molar-refractivity contribution >= 4 is 27.3 Å². The van der Waals surface area contributed by atoms with E-state index in [9.17, 15) is 8.42 Å². The molecule has 170 valence electrons. The van der Waals surface area contributed by atoms with Crippen LogP contribution >= 0.6 is 11.6 Å². The van der Waals surface area contributed by atoms with Gasteiger partial charge in [-0.05, 0) is 60.7 Å². The zero-order valence-electron chi connectivity index (χ0n) is 18.5. The lowest BCUT2D eigenvalue weighted by molar-refractivity contribution is 0.373. The monoisotopic (exact) mass is 473 g/mol. The molecule has 2 aromatic carbocycles. The van der Waals surface area contributed by atoms with Gasteiger partial charge >= 0.3 is 0 Å². The molecule has 0 radical (unpaired) electrons. The van der Waals surface area contributed by atoms with Gasteiger partial charge in [-0.2, -0.15) is 0 Å². The highest BCUT2D eigenvalue weighted by atomic mass is 35.5. The van der Waals surface area contributed by atoms with E-state index in [0.717, 1.165) is 31.5 Å². The molecule has 4 rings (SSSR count). The summed E-state index contributed by atoms with van der Waals surface area (Å²) in [6.45, 7) is 8.07. The van der Waals surface area contributed by atoms with Gasteiger partial charge in [-0.25, -0.2) is 8.42 Å².